The summed E-state index contributed by atoms with van der Waals surface area (Å²) in [6.45, 7) is 5.81. The summed E-state index contributed by atoms with van der Waals surface area (Å²) in [5, 5.41) is 0. The quantitative estimate of drug-likeness (QED) is 0.784. The molecule has 0 radical (unpaired) electrons. The third-order valence-electron chi connectivity index (χ3n) is 2.82. The molecule has 0 saturated carbocycles. The Morgan fingerprint density at radius 1 is 1.59 bits per heavy atom. The molecule has 0 aliphatic carbocycles. The molecule has 0 aromatic carbocycles. The van der Waals surface area contributed by atoms with Crippen LogP contribution in [0.15, 0.2) is 16.7 Å². The summed E-state index contributed by atoms with van der Waals surface area (Å²) in [7, 11) is 0. The lowest BCUT2D eigenvalue weighted by molar-refractivity contribution is -0.00360. The second kappa shape index (κ2) is 5.55. The molecule has 2 rings (SSSR count). The van der Waals surface area contributed by atoms with Gasteiger partial charge in [0, 0.05) is 23.8 Å². The highest BCUT2D eigenvalue weighted by molar-refractivity contribution is 9.10. The number of aromatic nitrogens is 1. The van der Waals surface area contributed by atoms with Crippen molar-refractivity contribution in [3.05, 3.63) is 22.3 Å². The zero-order valence-electron chi connectivity index (χ0n) is 9.99. The number of morpholine rings is 1. The number of anilines is 1. The van der Waals surface area contributed by atoms with Gasteiger partial charge < -0.3 is 9.64 Å². The van der Waals surface area contributed by atoms with Crippen LogP contribution < -0.4 is 4.90 Å². The van der Waals surface area contributed by atoms with Gasteiger partial charge in [-0.1, -0.05) is 0 Å². The lowest BCUT2D eigenvalue weighted by atomic mass is 10.2. The van der Waals surface area contributed by atoms with Crippen LogP contribution in [0.5, 0.6) is 0 Å². The largest absolute Gasteiger partial charge is 0.370 e. The topological polar surface area (TPSA) is 25.4 Å². The van der Waals surface area contributed by atoms with Crippen LogP contribution >= 0.6 is 27.5 Å². The first kappa shape index (κ1) is 13.1. The molecular weight excluding hydrogens is 304 g/mol. The Kier molecular flexibility index (Phi) is 4.28. The lowest BCUT2D eigenvalue weighted by Crippen LogP contribution is -2.48. The molecule has 94 valence electrons. The highest BCUT2D eigenvalue weighted by Crippen LogP contribution is 2.24. The number of pyridine rings is 1. The monoisotopic (exact) mass is 318 g/mol. The summed E-state index contributed by atoms with van der Waals surface area (Å²) < 4.78 is 6.75. The van der Waals surface area contributed by atoms with Crippen molar-refractivity contribution in [2.75, 3.05) is 23.9 Å². The van der Waals surface area contributed by atoms with Crippen LogP contribution in [0.3, 0.4) is 0 Å². The fourth-order valence-corrected chi connectivity index (χ4v) is 2.78. The van der Waals surface area contributed by atoms with E-state index in [-0.39, 0.29) is 12.2 Å². The molecule has 1 aromatic rings. The van der Waals surface area contributed by atoms with Crippen molar-refractivity contribution in [1.29, 1.82) is 0 Å². The summed E-state index contributed by atoms with van der Waals surface area (Å²) in [6, 6.07) is 2.08. The Bertz CT molecular complexity index is 402. The summed E-state index contributed by atoms with van der Waals surface area (Å²) in [5.74, 6) is 1.55. The normalized spacial score (nSPS) is 25.1. The van der Waals surface area contributed by atoms with Crippen LogP contribution in [-0.4, -0.2) is 36.2 Å². The summed E-state index contributed by atoms with van der Waals surface area (Å²) >= 11 is 9.31. The van der Waals surface area contributed by atoms with Crippen LogP contribution in [0.4, 0.5) is 5.82 Å². The van der Waals surface area contributed by atoms with Gasteiger partial charge >= 0.3 is 0 Å². The smallest absolute Gasteiger partial charge is 0.131 e. The number of aryl methyl sites for hydroxylation is 1. The van der Waals surface area contributed by atoms with Gasteiger partial charge in [-0.2, -0.15) is 0 Å². The molecule has 1 fully saturated rings. The third-order valence-corrected chi connectivity index (χ3v) is 3.59. The van der Waals surface area contributed by atoms with Gasteiger partial charge in [0.15, 0.2) is 0 Å². The first-order valence-corrected chi connectivity index (χ1v) is 7.01. The van der Waals surface area contributed by atoms with Gasteiger partial charge in [-0.25, -0.2) is 4.98 Å². The van der Waals surface area contributed by atoms with Crippen molar-refractivity contribution in [3.63, 3.8) is 0 Å². The molecular formula is C12H16BrClN2O. The molecule has 0 N–H and O–H groups in total. The van der Waals surface area contributed by atoms with E-state index in [1.54, 1.807) is 0 Å². The molecule has 1 aromatic heterocycles. The Hall–Kier alpha value is -0.320. The summed E-state index contributed by atoms with van der Waals surface area (Å²) in [5.41, 5.74) is 1.17. The Morgan fingerprint density at radius 3 is 3.00 bits per heavy atom. The van der Waals surface area contributed by atoms with Gasteiger partial charge in [-0.3, -0.25) is 0 Å². The minimum atomic E-state index is 0.0882. The number of hydrogen-bond donors (Lipinski definition) is 0. The minimum absolute atomic E-state index is 0.0882. The predicted molar refractivity (Wildman–Crippen MR) is 73.9 cm³/mol. The molecule has 0 amide bonds. The molecule has 5 heteroatoms. The van der Waals surface area contributed by atoms with E-state index >= 15 is 0 Å². The van der Waals surface area contributed by atoms with Crippen LogP contribution in [0.25, 0.3) is 0 Å². The van der Waals surface area contributed by atoms with Crippen LogP contribution in [0.1, 0.15) is 12.5 Å². The maximum absolute atomic E-state index is 5.88. The number of halogens is 2. The van der Waals surface area contributed by atoms with Crippen LogP contribution in [-0.2, 0) is 4.74 Å². The molecule has 2 heterocycles. The number of alkyl halides is 1. The van der Waals surface area contributed by atoms with Crippen molar-refractivity contribution in [2.24, 2.45) is 0 Å². The fraction of sp³-hybridized carbons (Fsp3) is 0.583. The summed E-state index contributed by atoms with van der Waals surface area (Å²) in [6.07, 6.45) is 2.11. The molecule has 2 atom stereocenters. The number of nitrogens with zero attached hydrogens (tertiary/aromatic N) is 2. The number of rotatable bonds is 2. The molecule has 0 spiro atoms. The third kappa shape index (κ3) is 3.12. The van der Waals surface area contributed by atoms with E-state index in [1.807, 2.05) is 6.20 Å². The average Bonchev–Trinajstić information content (AvgIpc) is 2.28. The first-order valence-electron chi connectivity index (χ1n) is 5.68. The Labute approximate surface area is 115 Å². The van der Waals surface area contributed by atoms with Crippen molar-refractivity contribution < 1.29 is 4.74 Å². The lowest BCUT2D eigenvalue weighted by Gasteiger charge is -2.37. The Balaban J connectivity index is 2.20. The molecule has 1 aliphatic heterocycles. The van der Waals surface area contributed by atoms with Gasteiger partial charge in [-0.15, -0.1) is 11.6 Å². The minimum Gasteiger partial charge on any atom is -0.370 e. The Morgan fingerprint density at radius 2 is 2.35 bits per heavy atom. The predicted octanol–water partition coefficient (Wildman–Crippen LogP) is 2.99. The molecule has 1 aliphatic rings. The average molecular weight is 320 g/mol. The zero-order valence-corrected chi connectivity index (χ0v) is 12.3. The molecule has 17 heavy (non-hydrogen) atoms. The second-order valence-corrected chi connectivity index (χ2v) is 5.65. The van der Waals surface area contributed by atoms with E-state index in [9.17, 15) is 0 Å². The van der Waals surface area contributed by atoms with E-state index in [0.29, 0.717) is 5.88 Å². The van der Waals surface area contributed by atoms with E-state index < -0.39 is 0 Å². The summed E-state index contributed by atoms with van der Waals surface area (Å²) in [4.78, 5) is 6.74. The van der Waals surface area contributed by atoms with E-state index in [4.69, 9.17) is 16.3 Å². The highest BCUT2D eigenvalue weighted by Gasteiger charge is 2.26. The fourth-order valence-electron chi connectivity index (χ4n) is 2.17. The molecule has 3 nitrogen and oxygen atoms in total. The number of ether oxygens (including phenoxy) is 1. The van der Waals surface area contributed by atoms with Crippen molar-refractivity contribution >= 4 is 33.3 Å². The zero-order chi connectivity index (χ0) is 12.4. The van der Waals surface area contributed by atoms with Gasteiger partial charge in [0.1, 0.15) is 5.82 Å². The SMILES string of the molecule is Cc1cc(Br)cnc1N1CC(C)OC(CCl)C1. The molecule has 1 saturated heterocycles. The van der Waals surface area contributed by atoms with E-state index in [2.05, 4.69) is 45.7 Å². The van der Waals surface area contributed by atoms with Crippen LogP contribution in [0, 0.1) is 6.92 Å². The molecule has 0 bridgehead atoms. The van der Waals surface area contributed by atoms with Gasteiger partial charge in [-0.05, 0) is 41.4 Å². The standard InChI is InChI=1S/C12H16BrClN2O/c1-8-3-10(13)5-15-12(8)16-6-9(2)17-11(4-14)7-16/h3,5,9,11H,4,6-7H2,1-2H3. The van der Waals surface area contributed by atoms with Crippen molar-refractivity contribution in [3.8, 4) is 0 Å². The maximum Gasteiger partial charge on any atom is 0.131 e. The van der Waals surface area contributed by atoms with Crippen molar-refractivity contribution in [2.45, 2.75) is 26.1 Å². The highest BCUT2D eigenvalue weighted by atomic mass is 79.9. The van der Waals surface area contributed by atoms with Gasteiger partial charge in [0.25, 0.3) is 0 Å². The van der Waals surface area contributed by atoms with Crippen molar-refractivity contribution in [1.82, 2.24) is 4.98 Å². The first-order chi connectivity index (χ1) is 8.10. The number of hydrogen-bond acceptors (Lipinski definition) is 3. The van der Waals surface area contributed by atoms with Gasteiger partial charge in [0.05, 0.1) is 18.1 Å². The maximum atomic E-state index is 5.88. The second-order valence-electron chi connectivity index (χ2n) is 4.42. The van der Waals surface area contributed by atoms with E-state index in [0.717, 1.165) is 23.4 Å². The van der Waals surface area contributed by atoms with Gasteiger partial charge in [0.2, 0.25) is 0 Å². The van der Waals surface area contributed by atoms with Crippen LogP contribution in [0.2, 0.25) is 0 Å². The van der Waals surface area contributed by atoms with E-state index in [1.165, 1.54) is 5.56 Å². The molecule has 2 unspecified atom stereocenters.